The largest absolute Gasteiger partial charge is 0.338 e. The number of nitrogens with zero attached hydrogens (tertiary/aromatic N) is 2. The molecular weight excluding hydrogens is 302 g/mol. The molecule has 0 aliphatic carbocycles. The van der Waals surface area contributed by atoms with Crippen LogP contribution in [0.2, 0.25) is 0 Å². The SMILES string of the molecule is O=C(NC[C@@H]1CCS(=O)(=O)C1)N1CCC[C@@H]1c1ccncc1. The molecule has 0 unspecified atom stereocenters. The van der Waals surface area contributed by atoms with Gasteiger partial charge in [-0.1, -0.05) is 0 Å². The number of amides is 2. The number of urea groups is 1. The third-order valence-corrected chi connectivity index (χ3v) is 6.31. The van der Waals surface area contributed by atoms with Crippen LogP contribution in [0.15, 0.2) is 24.5 Å². The van der Waals surface area contributed by atoms with E-state index in [1.54, 1.807) is 12.4 Å². The number of likely N-dealkylation sites (tertiary alicyclic amines) is 1. The van der Waals surface area contributed by atoms with Crippen LogP contribution < -0.4 is 5.32 Å². The van der Waals surface area contributed by atoms with E-state index in [1.807, 2.05) is 17.0 Å². The van der Waals surface area contributed by atoms with Crippen molar-refractivity contribution in [2.75, 3.05) is 24.6 Å². The second-order valence-corrected chi connectivity index (χ2v) is 8.32. The van der Waals surface area contributed by atoms with Crippen LogP contribution in [0, 0.1) is 5.92 Å². The first-order valence-electron chi connectivity index (χ1n) is 7.70. The first kappa shape index (κ1) is 15.3. The number of pyridine rings is 1. The van der Waals surface area contributed by atoms with E-state index >= 15 is 0 Å². The highest BCUT2D eigenvalue weighted by atomic mass is 32.2. The summed E-state index contributed by atoms with van der Waals surface area (Å²) >= 11 is 0. The van der Waals surface area contributed by atoms with Crippen molar-refractivity contribution in [3.05, 3.63) is 30.1 Å². The predicted molar refractivity (Wildman–Crippen MR) is 83.1 cm³/mol. The number of carbonyl (C=O) groups is 1. The molecule has 0 bridgehead atoms. The maximum atomic E-state index is 12.4. The van der Waals surface area contributed by atoms with Gasteiger partial charge in [0.25, 0.3) is 0 Å². The summed E-state index contributed by atoms with van der Waals surface area (Å²) in [5.41, 5.74) is 1.10. The van der Waals surface area contributed by atoms with Gasteiger partial charge < -0.3 is 10.2 Å². The predicted octanol–water partition coefficient (Wildman–Crippen LogP) is 1.36. The summed E-state index contributed by atoms with van der Waals surface area (Å²) in [6.07, 6.45) is 6.07. The maximum Gasteiger partial charge on any atom is 0.317 e. The van der Waals surface area contributed by atoms with Crippen molar-refractivity contribution in [1.82, 2.24) is 15.2 Å². The van der Waals surface area contributed by atoms with Crippen LogP contribution in [0.25, 0.3) is 0 Å². The lowest BCUT2D eigenvalue weighted by Gasteiger charge is -2.25. The highest BCUT2D eigenvalue weighted by molar-refractivity contribution is 7.91. The highest BCUT2D eigenvalue weighted by Gasteiger charge is 2.32. The second kappa shape index (κ2) is 6.24. The number of hydrogen-bond donors (Lipinski definition) is 1. The molecule has 0 saturated carbocycles. The van der Waals surface area contributed by atoms with E-state index in [9.17, 15) is 13.2 Å². The Morgan fingerprint density at radius 1 is 1.32 bits per heavy atom. The van der Waals surface area contributed by atoms with Crippen molar-refractivity contribution in [3.63, 3.8) is 0 Å². The molecule has 2 fully saturated rings. The van der Waals surface area contributed by atoms with Crippen LogP contribution in [-0.4, -0.2) is 48.9 Å². The van der Waals surface area contributed by atoms with Gasteiger partial charge in [-0.2, -0.15) is 0 Å². The Morgan fingerprint density at radius 2 is 2.09 bits per heavy atom. The molecule has 1 aromatic rings. The van der Waals surface area contributed by atoms with E-state index in [-0.39, 0.29) is 29.5 Å². The lowest BCUT2D eigenvalue weighted by atomic mass is 10.1. The zero-order chi connectivity index (χ0) is 15.6. The number of rotatable bonds is 3. The quantitative estimate of drug-likeness (QED) is 0.911. The van der Waals surface area contributed by atoms with Crippen LogP contribution in [0.5, 0.6) is 0 Å². The van der Waals surface area contributed by atoms with E-state index < -0.39 is 9.84 Å². The second-order valence-electron chi connectivity index (χ2n) is 6.09. The molecule has 2 aliphatic heterocycles. The Kier molecular flexibility index (Phi) is 4.33. The van der Waals surface area contributed by atoms with E-state index in [2.05, 4.69) is 10.3 Å². The van der Waals surface area contributed by atoms with Gasteiger partial charge in [0, 0.05) is 25.5 Å². The highest BCUT2D eigenvalue weighted by Crippen LogP contribution is 2.31. The van der Waals surface area contributed by atoms with Crippen molar-refractivity contribution >= 4 is 15.9 Å². The molecule has 2 aliphatic rings. The minimum atomic E-state index is -2.89. The molecule has 6 nitrogen and oxygen atoms in total. The van der Waals surface area contributed by atoms with Crippen molar-refractivity contribution in [3.8, 4) is 0 Å². The number of aromatic nitrogens is 1. The van der Waals surface area contributed by atoms with Gasteiger partial charge in [-0.05, 0) is 42.9 Å². The average molecular weight is 323 g/mol. The third-order valence-electron chi connectivity index (χ3n) is 4.47. The summed E-state index contributed by atoms with van der Waals surface area (Å²) in [4.78, 5) is 18.3. The fourth-order valence-electron chi connectivity index (χ4n) is 3.31. The average Bonchev–Trinajstić information content (AvgIpc) is 3.12. The third kappa shape index (κ3) is 3.40. The van der Waals surface area contributed by atoms with Crippen molar-refractivity contribution in [2.45, 2.75) is 25.3 Å². The number of sulfone groups is 1. The summed E-state index contributed by atoms with van der Waals surface area (Å²) in [5, 5.41) is 2.91. The van der Waals surface area contributed by atoms with E-state index in [1.165, 1.54) is 0 Å². The molecule has 3 heterocycles. The summed E-state index contributed by atoms with van der Waals surface area (Å²) < 4.78 is 22.9. The molecule has 0 radical (unpaired) electrons. The van der Waals surface area contributed by atoms with E-state index in [0.717, 1.165) is 24.9 Å². The number of nitrogens with one attached hydrogen (secondary N) is 1. The molecule has 0 spiro atoms. The standard InChI is InChI=1S/C15H21N3O3S/c19-15(17-10-12-5-9-22(20,21)11-12)18-8-1-2-14(18)13-3-6-16-7-4-13/h3-4,6-7,12,14H,1-2,5,8-11H2,(H,17,19)/t12-,14+/m0/s1. The van der Waals surface area contributed by atoms with Gasteiger partial charge in [-0.25, -0.2) is 13.2 Å². The van der Waals surface area contributed by atoms with Crippen molar-refractivity contribution in [1.29, 1.82) is 0 Å². The Morgan fingerprint density at radius 3 is 2.77 bits per heavy atom. The van der Waals surface area contributed by atoms with Crippen LogP contribution in [0.3, 0.4) is 0 Å². The molecule has 1 N–H and O–H groups in total. The summed E-state index contributed by atoms with van der Waals surface area (Å²) in [5.74, 6) is 0.494. The van der Waals surface area contributed by atoms with Gasteiger partial charge in [-0.3, -0.25) is 4.98 Å². The molecule has 7 heteroatoms. The fourth-order valence-corrected chi connectivity index (χ4v) is 5.17. The van der Waals surface area contributed by atoms with Gasteiger partial charge >= 0.3 is 6.03 Å². The van der Waals surface area contributed by atoms with Crippen LogP contribution in [0.1, 0.15) is 30.9 Å². The topological polar surface area (TPSA) is 79.4 Å². The number of hydrogen-bond acceptors (Lipinski definition) is 4. The van der Waals surface area contributed by atoms with E-state index in [4.69, 9.17) is 0 Å². The van der Waals surface area contributed by atoms with Gasteiger partial charge in [-0.15, -0.1) is 0 Å². The molecule has 2 saturated heterocycles. The minimum Gasteiger partial charge on any atom is -0.338 e. The zero-order valence-electron chi connectivity index (χ0n) is 12.4. The first-order chi connectivity index (χ1) is 10.6. The van der Waals surface area contributed by atoms with Gasteiger partial charge in [0.1, 0.15) is 0 Å². The Bertz CT molecular complexity index is 633. The Hall–Kier alpha value is -1.63. The summed E-state index contributed by atoms with van der Waals surface area (Å²) in [6.45, 7) is 1.18. The molecule has 2 amide bonds. The monoisotopic (exact) mass is 323 g/mol. The van der Waals surface area contributed by atoms with Crippen LogP contribution in [-0.2, 0) is 9.84 Å². The molecular formula is C15H21N3O3S. The van der Waals surface area contributed by atoms with Crippen LogP contribution >= 0.6 is 0 Å². The smallest absolute Gasteiger partial charge is 0.317 e. The molecule has 1 aromatic heterocycles. The van der Waals surface area contributed by atoms with Gasteiger partial charge in [0.15, 0.2) is 9.84 Å². The molecule has 3 rings (SSSR count). The van der Waals surface area contributed by atoms with Gasteiger partial charge in [0.05, 0.1) is 17.5 Å². The van der Waals surface area contributed by atoms with Crippen LogP contribution in [0.4, 0.5) is 4.79 Å². The number of carbonyl (C=O) groups excluding carboxylic acids is 1. The lowest BCUT2D eigenvalue weighted by molar-refractivity contribution is 0.191. The zero-order valence-corrected chi connectivity index (χ0v) is 13.3. The Labute approximate surface area is 130 Å². The minimum absolute atomic E-state index is 0.0518. The maximum absolute atomic E-state index is 12.4. The summed E-state index contributed by atoms with van der Waals surface area (Å²) in [7, 11) is -2.89. The van der Waals surface area contributed by atoms with Crippen molar-refractivity contribution < 1.29 is 13.2 Å². The summed E-state index contributed by atoms with van der Waals surface area (Å²) in [6, 6.07) is 3.89. The molecule has 22 heavy (non-hydrogen) atoms. The Balaban J connectivity index is 1.58. The lowest BCUT2D eigenvalue weighted by Crippen LogP contribution is -2.41. The molecule has 2 atom stereocenters. The van der Waals surface area contributed by atoms with Crippen molar-refractivity contribution in [2.24, 2.45) is 5.92 Å². The normalized spacial score (nSPS) is 27.0. The molecule has 0 aromatic carbocycles. The van der Waals surface area contributed by atoms with Gasteiger partial charge in [0.2, 0.25) is 0 Å². The first-order valence-corrected chi connectivity index (χ1v) is 9.52. The van der Waals surface area contributed by atoms with E-state index in [0.29, 0.717) is 13.0 Å². The molecule has 120 valence electrons. The fraction of sp³-hybridized carbons (Fsp3) is 0.600.